The molecule has 0 saturated carbocycles. The Labute approximate surface area is 149 Å². The second kappa shape index (κ2) is 6.99. The Morgan fingerprint density at radius 1 is 1.04 bits per heavy atom. The van der Waals surface area contributed by atoms with E-state index in [0.717, 1.165) is 0 Å². The first-order valence-electron chi connectivity index (χ1n) is 8.08. The topological polar surface area (TPSA) is 129 Å². The molecule has 0 amide bonds. The Balaban J connectivity index is 2.26. The predicted molar refractivity (Wildman–Crippen MR) is 90.9 cm³/mol. The van der Waals surface area contributed by atoms with E-state index in [-0.39, 0.29) is 11.3 Å². The normalized spacial score (nSPS) is 31.8. The summed E-state index contributed by atoms with van der Waals surface area (Å²) < 4.78 is 16.2. The van der Waals surface area contributed by atoms with E-state index < -0.39 is 36.8 Å². The Morgan fingerprint density at radius 3 is 2.27 bits per heavy atom. The second-order valence-corrected chi connectivity index (χ2v) is 6.17. The molecule has 0 unspecified atom stereocenters. The van der Waals surface area contributed by atoms with Crippen molar-refractivity contribution in [2.45, 2.75) is 30.2 Å². The first kappa shape index (κ1) is 18.8. The summed E-state index contributed by atoms with van der Waals surface area (Å²) in [5, 5.41) is 52.3. The molecule has 2 aromatic rings. The number of fused-ring (bicyclic) bond motifs is 1. The highest BCUT2D eigenvalue weighted by Crippen LogP contribution is 2.46. The highest BCUT2D eigenvalue weighted by molar-refractivity contribution is 5.94. The lowest BCUT2D eigenvalue weighted by atomic mass is 9.86. The maximum atomic E-state index is 11.1. The highest BCUT2D eigenvalue weighted by Gasteiger charge is 2.55. The minimum Gasteiger partial charge on any atom is -0.496 e. The molecule has 8 nitrogen and oxygen atoms in total. The number of hydrogen-bond donors (Lipinski definition) is 5. The quantitative estimate of drug-likeness (QED) is 0.489. The van der Waals surface area contributed by atoms with E-state index in [2.05, 4.69) is 0 Å². The van der Waals surface area contributed by atoms with Crippen LogP contribution in [0.2, 0.25) is 0 Å². The van der Waals surface area contributed by atoms with Crippen molar-refractivity contribution in [3.63, 3.8) is 0 Å². The van der Waals surface area contributed by atoms with Gasteiger partial charge in [-0.25, -0.2) is 0 Å². The van der Waals surface area contributed by atoms with Gasteiger partial charge >= 0.3 is 0 Å². The summed E-state index contributed by atoms with van der Waals surface area (Å²) in [7, 11) is 2.85. The third-order valence-corrected chi connectivity index (χ3v) is 4.73. The first-order valence-corrected chi connectivity index (χ1v) is 8.08. The molecular formula is C18H22O8. The Hall–Kier alpha value is -1.94. The van der Waals surface area contributed by atoms with Crippen LogP contribution in [0.25, 0.3) is 10.8 Å². The van der Waals surface area contributed by atoms with Gasteiger partial charge in [-0.3, -0.25) is 0 Å². The summed E-state index contributed by atoms with van der Waals surface area (Å²) >= 11 is 0. The summed E-state index contributed by atoms with van der Waals surface area (Å²) in [4.78, 5) is 0. The average molecular weight is 366 g/mol. The predicted octanol–water partition coefficient (Wildman–Crippen LogP) is -0.524. The number of methoxy groups -OCH3 is 2. The van der Waals surface area contributed by atoms with E-state index >= 15 is 0 Å². The standard InChI is InChI=1S/C18H22O8/c1-24-12-7-11(16(25-2)10-6-4-3-5-9(10)12)18(23)17(22)15(21)14(20)13(8-19)26-18/h3-7,13-15,17,19-23H,8H2,1-2H3/t13-,14+,15+,17-,18-/m1/s1. The molecule has 0 spiro atoms. The molecule has 1 fully saturated rings. The first-order chi connectivity index (χ1) is 12.4. The van der Waals surface area contributed by atoms with Crippen LogP contribution in [-0.2, 0) is 10.5 Å². The summed E-state index contributed by atoms with van der Waals surface area (Å²) in [6, 6.07) is 8.56. The Bertz CT molecular complexity index is 792. The van der Waals surface area contributed by atoms with Gasteiger partial charge in [0.2, 0.25) is 5.79 Å². The van der Waals surface area contributed by atoms with Crippen molar-refractivity contribution in [3.8, 4) is 11.5 Å². The zero-order chi connectivity index (χ0) is 19.1. The largest absolute Gasteiger partial charge is 0.496 e. The lowest BCUT2D eigenvalue weighted by Gasteiger charge is -2.45. The fraction of sp³-hybridized carbons (Fsp3) is 0.444. The minimum absolute atomic E-state index is 0.00690. The van der Waals surface area contributed by atoms with Gasteiger partial charge in [-0.15, -0.1) is 0 Å². The molecule has 1 heterocycles. The van der Waals surface area contributed by atoms with Crippen LogP contribution in [-0.4, -0.2) is 70.8 Å². The van der Waals surface area contributed by atoms with Crippen molar-refractivity contribution in [2.24, 2.45) is 0 Å². The molecule has 1 saturated heterocycles. The lowest BCUT2D eigenvalue weighted by molar-refractivity contribution is -0.358. The molecule has 0 radical (unpaired) electrons. The van der Waals surface area contributed by atoms with Crippen molar-refractivity contribution >= 4 is 10.8 Å². The molecule has 142 valence electrons. The number of aliphatic hydroxyl groups is 5. The van der Waals surface area contributed by atoms with E-state index in [1.165, 1.54) is 20.3 Å². The number of ether oxygens (including phenoxy) is 3. The average Bonchev–Trinajstić information content (AvgIpc) is 2.67. The van der Waals surface area contributed by atoms with Crippen LogP contribution >= 0.6 is 0 Å². The van der Waals surface area contributed by atoms with Crippen LogP contribution in [0.3, 0.4) is 0 Å². The molecule has 0 bridgehead atoms. The molecule has 1 aliphatic heterocycles. The third-order valence-electron chi connectivity index (χ3n) is 4.73. The van der Waals surface area contributed by atoms with Gasteiger partial charge in [0, 0.05) is 10.8 Å². The molecule has 2 aromatic carbocycles. The number of rotatable bonds is 4. The lowest BCUT2D eigenvalue weighted by Crippen LogP contribution is -2.63. The van der Waals surface area contributed by atoms with Gasteiger partial charge in [-0.1, -0.05) is 24.3 Å². The van der Waals surface area contributed by atoms with Gasteiger partial charge in [-0.05, 0) is 6.07 Å². The molecule has 3 rings (SSSR count). The highest BCUT2D eigenvalue weighted by atomic mass is 16.7. The Morgan fingerprint density at radius 2 is 1.69 bits per heavy atom. The molecular weight excluding hydrogens is 344 g/mol. The zero-order valence-corrected chi connectivity index (χ0v) is 14.4. The maximum Gasteiger partial charge on any atom is 0.226 e. The molecule has 0 aliphatic carbocycles. The number of aliphatic hydroxyl groups excluding tert-OH is 4. The fourth-order valence-electron chi connectivity index (χ4n) is 3.35. The van der Waals surface area contributed by atoms with Gasteiger partial charge in [0.05, 0.1) is 26.4 Å². The Kier molecular flexibility index (Phi) is 5.07. The summed E-state index contributed by atoms with van der Waals surface area (Å²) in [5.74, 6) is -1.83. The van der Waals surface area contributed by atoms with Gasteiger partial charge in [0.1, 0.15) is 35.9 Å². The van der Waals surface area contributed by atoms with Gasteiger partial charge in [-0.2, -0.15) is 0 Å². The monoisotopic (exact) mass is 366 g/mol. The van der Waals surface area contributed by atoms with E-state index in [9.17, 15) is 25.5 Å². The summed E-state index contributed by atoms with van der Waals surface area (Å²) in [6.07, 6.45) is -6.50. The van der Waals surface area contributed by atoms with Gasteiger partial charge in [0.25, 0.3) is 0 Å². The van der Waals surface area contributed by atoms with Crippen molar-refractivity contribution in [1.29, 1.82) is 0 Å². The minimum atomic E-state index is -2.44. The van der Waals surface area contributed by atoms with E-state index in [1.54, 1.807) is 18.2 Å². The van der Waals surface area contributed by atoms with Crippen molar-refractivity contribution in [1.82, 2.24) is 0 Å². The van der Waals surface area contributed by atoms with Crippen LogP contribution in [0.4, 0.5) is 0 Å². The molecule has 1 aliphatic rings. The van der Waals surface area contributed by atoms with E-state index in [4.69, 9.17) is 14.2 Å². The zero-order valence-electron chi connectivity index (χ0n) is 14.4. The van der Waals surface area contributed by atoms with Crippen LogP contribution in [0.15, 0.2) is 30.3 Å². The van der Waals surface area contributed by atoms with Crippen molar-refractivity contribution in [3.05, 3.63) is 35.9 Å². The molecule has 8 heteroatoms. The summed E-state index contributed by atoms with van der Waals surface area (Å²) in [5.41, 5.74) is 0.00690. The second-order valence-electron chi connectivity index (χ2n) is 6.17. The number of hydrogen-bond acceptors (Lipinski definition) is 8. The number of benzene rings is 2. The van der Waals surface area contributed by atoms with Crippen LogP contribution in [0.1, 0.15) is 5.56 Å². The third kappa shape index (κ3) is 2.71. The van der Waals surface area contributed by atoms with Gasteiger partial charge in [0.15, 0.2) is 0 Å². The van der Waals surface area contributed by atoms with Crippen LogP contribution in [0.5, 0.6) is 11.5 Å². The van der Waals surface area contributed by atoms with Crippen LogP contribution < -0.4 is 9.47 Å². The summed E-state index contributed by atoms with van der Waals surface area (Å²) in [6.45, 7) is -0.666. The maximum absolute atomic E-state index is 11.1. The van der Waals surface area contributed by atoms with Crippen molar-refractivity contribution in [2.75, 3.05) is 20.8 Å². The fourth-order valence-corrected chi connectivity index (χ4v) is 3.35. The van der Waals surface area contributed by atoms with Crippen LogP contribution in [0, 0.1) is 0 Å². The molecule has 5 atom stereocenters. The molecule has 0 aromatic heterocycles. The molecule has 26 heavy (non-hydrogen) atoms. The SMILES string of the molecule is COc1cc([C@@]2(O)O[C@H](CO)[C@H](O)[C@H](O)[C@H]2O)c(OC)c2ccccc12. The van der Waals surface area contributed by atoms with Crippen molar-refractivity contribution < 1.29 is 39.7 Å². The van der Waals surface area contributed by atoms with E-state index in [0.29, 0.717) is 16.5 Å². The molecule has 5 N–H and O–H groups in total. The smallest absolute Gasteiger partial charge is 0.226 e. The van der Waals surface area contributed by atoms with Gasteiger partial charge < -0.3 is 39.7 Å². The van der Waals surface area contributed by atoms with E-state index in [1.807, 2.05) is 6.07 Å².